The van der Waals surface area contributed by atoms with Gasteiger partial charge in [-0.3, -0.25) is 14.4 Å². The number of rotatable bonds is 55. The summed E-state index contributed by atoms with van der Waals surface area (Å²) in [5.74, 6) is 0.899. The third kappa shape index (κ3) is 53.6. The fraction of sp³-hybridized carbons (Fsp3) is 0.951. The SMILES string of the molecule is CCCCCCCCCCCCCCCCCC(=O)OC[C@@H](COC(=O)CCCCCCCCCCCCCCCCC(C)CC)OC(=O)CCCCCCCCCCCCCCCC(C)C. The lowest BCUT2D eigenvalue weighted by Crippen LogP contribution is -2.30. The molecule has 0 rings (SSSR count). The summed E-state index contributed by atoms with van der Waals surface area (Å²) < 4.78 is 16.9. The Morgan fingerprint density at radius 2 is 0.567 bits per heavy atom. The van der Waals surface area contributed by atoms with Crippen molar-refractivity contribution in [1.82, 2.24) is 0 Å². The average Bonchev–Trinajstić information content (AvgIpc) is 3.31. The van der Waals surface area contributed by atoms with Crippen molar-refractivity contribution in [3.63, 3.8) is 0 Å². The molecule has 0 radical (unpaired) electrons. The first-order valence-electron chi connectivity index (χ1n) is 30.3. The zero-order chi connectivity index (χ0) is 48.9. The Morgan fingerprint density at radius 3 is 0.851 bits per heavy atom. The third-order valence-corrected chi connectivity index (χ3v) is 14.3. The maximum absolute atomic E-state index is 12.9. The lowest BCUT2D eigenvalue weighted by atomic mass is 9.99. The van der Waals surface area contributed by atoms with Crippen LogP contribution in [0.15, 0.2) is 0 Å². The van der Waals surface area contributed by atoms with Gasteiger partial charge in [0.1, 0.15) is 13.2 Å². The second-order valence-electron chi connectivity index (χ2n) is 21.7. The Bertz CT molecular complexity index is 1030. The Hall–Kier alpha value is -1.59. The molecule has 0 N–H and O–H groups in total. The highest BCUT2D eigenvalue weighted by atomic mass is 16.6. The second kappa shape index (κ2) is 53.8. The van der Waals surface area contributed by atoms with Crippen molar-refractivity contribution < 1.29 is 28.6 Å². The van der Waals surface area contributed by atoms with E-state index < -0.39 is 6.10 Å². The largest absolute Gasteiger partial charge is 0.462 e. The summed E-state index contributed by atoms with van der Waals surface area (Å²) in [6.07, 6.45) is 58.0. The molecular weight excluding hydrogens is 829 g/mol. The van der Waals surface area contributed by atoms with Crippen LogP contribution in [0.2, 0.25) is 0 Å². The average molecular weight is 948 g/mol. The normalized spacial score (nSPS) is 12.4. The summed E-state index contributed by atoms with van der Waals surface area (Å²) in [5.41, 5.74) is 0. The maximum atomic E-state index is 12.9. The summed E-state index contributed by atoms with van der Waals surface area (Å²) in [4.78, 5) is 38.2. The maximum Gasteiger partial charge on any atom is 0.306 e. The quantitative estimate of drug-likeness (QED) is 0.0343. The molecule has 2 atom stereocenters. The number of ether oxygens (including phenoxy) is 3. The van der Waals surface area contributed by atoms with E-state index >= 15 is 0 Å². The molecule has 0 spiro atoms. The van der Waals surface area contributed by atoms with Gasteiger partial charge in [0.05, 0.1) is 0 Å². The first-order chi connectivity index (χ1) is 32.8. The van der Waals surface area contributed by atoms with E-state index in [-0.39, 0.29) is 31.1 Å². The van der Waals surface area contributed by atoms with Crippen molar-refractivity contribution in [3.8, 4) is 0 Å². The van der Waals surface area contributed by atoms with Crippen molar-refractivity contribution >= 4 is 17.9 Å². The number of esters is 3. The van der Waals surface area contributed by atoms with Crippen LogP contribution in [0.5, 0.6) is 0 Å². The Labute approximate surface area is 418 Å². The lowest BCUT2D eigenvalue weighted by molar-refractivity contribution is -0.167. The van der Waals surface area contributed by atoms with Gasteiger partial charge in [0, 0.05) is 19.3 Å². The highest BCUT2D eigenvalue weighted by molar-refractivity contribution is 5.71. The van der Waals surface area contributed by atoms with Gasteiger partial charge >= 0.3 is 17.9 Å². The fourth-order valence-corrected chi connectivity index (χ4v) is 9.37. The molecule has 67 heavy (non-hydrogen) atoms. The van der Waals surface area contributed by atoms with Crippen LogP contribution in [0.25, 0.3) is 0 Å². The smallest absolute Gasteiger partial charge is 0.306 e. The molecule has 1 unspecified atom stereocenters. The number of hydrogen-bond acceptors (Lipinski definition) is 6. The van der Waals surface area contributed by atoms with Gasteiger partial charge in [-0.1, -0.05) is 304 Å². The van der Waals surface area contributed by atoms with Gasteiger partial charge in [-0.05, 0) is 31.1 Å². The highest BCUT2D eigenvalue weighted by Gasteiger charge is 2.19. The first kappa shape index (κ1) is 65.4. The van der Waals surface area contributed by atoms with E-state index in [1.807, 2.05) is 0 Å². The zero-order valence-electron chi connectivity index (χ0n) is 46.0. The van der Waals surface area contributed by atoms with Crippen molar-refractivity contribution in [1.29, 1.82) is 0 Å². The van der Waals surface area contributed by atoms with Crippen LogP contribution in [-0.2, 0) is 28.6 Å². The van der Waals surface area contributed by atoms with E-state index in [2.05, 4.69) is 34.6 Å². The molecule has 0 saturated carbocycles. The van der Waals surface area contributed by atoms with Crippen LogP contribution in [-0.4, -0.2) is 37.2 Å². The molecule has 6 nitrogen and oxygen atoms in total. The van der Waals surface area contributed by atoms with Crippen molar-refractivity contribution in [2.75, 3.05) is 13.2 Å². The second-order valence-corrected chi connectivity index (χ2v) is 21.7. The van der Waals surface area contributed by atoms with Crippen molar-refractivity contribution in [2.45, 2.75) is 349 Å². The molecule has 0 heterocycles. The predicted molar refractivity (Wildman–Crippen MR) is 289 cm³/mol. The van der Waals surface area contributed by atoms with E-state index in [0.29, 0.717) is 19.3 Å². The minimum absolute atomic E-state index is 0.0623. The molecule has 0 aromatic heterocycles. The molecule has 398 valence electrons. The Morgan fingerprint density at radius 1 is 0.313 bits per heavy atom. The predicted octanol–water partition coefficient (Wildman–Crippen LogP) is 20.0. The monoisotopic (exact) mass is 947 g/mol. The molecule has 0 fully saturated rings. The summed E-state index contributed by atoms with van der Waals surface area (Å²) in [5, 5.41) is 0. The van der Waals surface area contributed by atoms with Gasteiger partial charge in [0.25, 0.3) is 0 Å². The Kier molecular flexibility index (Phi) is 52.5. The molecule has 0 saturated heterocycles. The molecule has 0 amide bonds. The van der Waals surface area contributed by atoms with Crippen LogP contribution in [0, 0.1) is 11.8 Å². The first-order valence-corrected chi connectivity index (χ1v) is 30.3. The van der Waals surface area contributed by atoms with E-state index in [1.165, 1.54) is 231 Å². The van der Waals surface area contributed by atoms with E-state index in [4.69, 9.17) is 14.2 Å². The van der Waals surface area contributed by atoms with Crippen molar-refractivity contribution in [3.05, 3.63) is 0 Å². The van der Waals surface area contributed by atoms with Gasteiger partial charge < -0.3 is 14.2 Å². The minimum atomic E-state index is -0.763. The van der Waals surface area contributed by atoms with Crippen molar-refractivity contribution in [2.24, 2.45) is 11.8 Å². The highest BCUT2D eigenvalue weighted by Crippen LogP contribution is 2.19. The number of hydrogen-bond donors (Lipinski definition) is 0. The third-order valence-electron chi connectivity index (χ3n) is 14.3. The lowest BCUT2D eigenvalue weighted by Gasteiger charge is -2.18. The van der Waals surface area contributed by atoms with E-state index in [0.717, 1.165) is 69.6 Å². The van der Waals surface area contributed by atoms with Gasteiger partial charge in [-0.25, -0.2) is 0 Å². The topological polar surface area (TPSA) is 78.9 Å². The van der Waals surface area contributed by atoms with Gasteiger partial charge in [-0.2, -0.15) is 0 Å². The van der Waals surface area contributed by atoms with Crippen LogP contribution in [0.3, 0.4) is 0 Å². The molecule has 0 aliphatic carbocycles. The van der Waals surface area contributed by atoms with Crippen LogP contribution in [0.1, 0.15) is 343 Å². The standard InChI is InChI=1S/C61H118O6/c1-6-8-9-10-11-12-13-14-15-21-26-31-36-41-46-51-59(62)65-54-58(67-61(64)53-48-43-38-33-28-23-18-19-24-29-34-39-44-49-56(3)4)55-66-60(63)52-47-42-37-32-27-22-17-16-20-25-30-35-40-45-50-57(5)7-2/h56-58H,6-55H2,1-5H3/t57?,58-/m0/s1. The van der Waals surface area contributed by atoms with Gasteiger partial charge in [0.15, 0.2) is 6.10 Å². The van der Waals surface area contributed by atoms with Crippen LogP contribution >= 0.6 is 0 Å². The van der Waals surface area contributed by atoms with Crippen LogP contribution in [0.4, 0.5) is 0 Å². The number of carbonyl (C=O) groups excluding carboxylic acids is 3. The number of unbranched alkanes of at least 4 members (excludes halogenated alkanes) is 39. The minimum Gasteiger partial charge on any atom is -0.462 e. The molecule has 0 aromatic rings. The summed E-state index contributed by atoms with van der Waals surface area (Å²) in [7, 11) is 0. The molecule has 0 aliphatic heterocycles. The molecule has 0 bridgehead atoms. The summed E-state index contributed by atoms with van der Waals surface area (Å²) in [6, 6.07) is 0. The fourth-order valence-electron chi connectivity index (χ4n) is 9.37. The molecule has 6 heteroatoms. The zero-order valence-corrected chi connectivity index (χ0v) is 46.0. The van der Waals surface area contributed by atoms with Gasteiger partial charge in [0.2, 0.25) is 0 Å². The van der Waals surface area contributed by atoms with Gasteiger partial charge in [-0.15, -0.1) is 0 Å². The van der Waals surface area contributed by atoms with E-state index in [1.54, 1.807) is 0 Å². The Balaban J connectivity index is 4.30. The molecule has 0 aliphatic rings. The molecular formula is C61H118O6. The summed E-state index contributed by atoms with van der Waals surface area (Å²) in [6.45, 7) is 11.5. The molecule has 0 aromatic carbocycles. The van der Waals surface area contributed by atoms with E-state index in [9.17, 15) is 14.4 Å². The summed E-state index contributed by atoms with van der Waals surface area (Å²) >= 11 is 0. The van der Waals surface area contributed by atoms with Crippen LogP contribution < -0.4 is 0 Å². The number of carbonyl (C=O) groups is 3.